The van der Waals surface area contributed by atoms with Crippen molar-refractivity contribution in [1.29, 1.82) is 0 Å². The summed E-state index contributed by atoms with van der Waals surface area (Å²) in [6, 6.07) is 9.96. The smallest absolute Gasteiger partial charge is 0.413 e. The van der Waals surface area contributed by atoms with E-state index in [1.165, 1.54) is 24.2 Å². The third kappa shape index (κ3) is 6.68. The molecule has 1 aliphatic rings. The molecule has 2 aromatic rings. The summed E-state index contributed by atoms with van der Waals surface area (Å²) in [6.45, 7) is 5.79. The number of aryl methyl sites for hydroxylation is 1. The topological polar surface area (TPSA) is 107 Å². The number of ketones is 1. The summed E-state index contributed by atoms with van der Waals surface area (Å²) in [5, 5.41) is 5.38. The van der Waals surface area contributed by atoms with E-state index in [2.05, 4.69) is 22.8 Å². The Morgan fingerprint density at radius 1 is 1.22 bits per heavy atom. The molecule has 8 nitrogen and oxygen atoms in total. The second-order valence-electron chi connectivity index (χ2n) is 8.87. The summed E-state index contributed by atoms with van der Waals surface area (Å²) in [7, 11) is 0. The van der Waals surface area contributed by atoms with Crippen LogP contribution in [0.2, 0.25) is 0 Å². The van der Waals surface area contributed by atoms with E-state index >= 15 is 0 Å². The van der Waals surface area contributed by atoms with Gasteiger partial charge in [0.1, 0.15) is 25.0 Å². The third-order valence-electron chi connectivity index (χ3n) is 5.61. The molecule has 0 saturated carbocycles. The molecule has 0 radical (unpaired) electrons. The standard InChI is InChI=1S/C24H30N2O6/c1-16-21(20(27)15-31-16)26-22(28)19(25-23(29)32-18-10-12-30-14-18)13-24(2,3)11-9-17-7-5-4-6-8-17/h4-8,10,12,14,16,19,21H,9,11,13,15H2,1-3H3,(H,25,29)(H,26,28)/t16-,19-,21-/m0/s1. The molecule has 0 spiro atoms. The third-order valence-corrected chi connectivity index (χ3v) is 5.61. The number of Topliss-reactive ketones (excluding diaryl/α,β-unsaturated/α-hetero) is 1. The molecule has 2 N–H and O–H groups in total. The number of amides is 2. The number of ether oxygens (including phenoxy) is 2. The molecule has 1 fully saturated rings. The van der Waals surface area contributed by atoms with E-state index in [4.69, 9.17) is 13.9 Å². The van der Waals surface area contributed by atoms with Crippen molar-refractivity contribution in [3.8, 4) is 5.75 Å². The summed E-state index contributed by atoms with van der Waals surface area (Å²) in [5.41, 5.74) is 0.930. The Morgan fingerprint density at radius 2 is 1.97 bits per heavy atom. The fourth-order valence-electron chi connectivity index (χ4n) is 3.69. The number of rotatable bonds is 9. The molecule has 0 unspecified atom stereocenters. The van der Waals surface area contributed by atoms with Crippen LogP contribution in [0.1, 0.15) is 39.2 Å². The van der Waals surface area contributed by atoms with Crippen molar-refractivity contribution >= 4 is 17.8 Å². The van der Waals surface area contributed by atoms with Crippen molar-refractivity contribution in [3.63, 3.8) is 0 Å². The van der Waals surface area contributed by atoms with Gasteiger partial charge in [-0.25, -0.2) is 4.79 Å². The maximum absolute atomic E-state index is 13.1. The lowest BCUT2D eigenvalue weighted by molar-refractivity contribution is -0.128. The number of carbonyl (C=O) groups is 3. The second kappa shape index (κ2) is 10.5. The van der Waals surface area contributed by atoms with Gasteiger partial charge in [0.2, 0.25) is 5.91 Å². The largest absolute Gasteiger partial charge is 0.469 e. The lowest BCUT2D eigenvalue weighted by atomic mass is 9.80. The summed E-state index contributed by atoms with van der Waals surface area (Å²) in [5.74, 6) is -0.399. The van der Waals surface area contributed by atoms with Crippen LogP contribution in [0.3, 0.4) is 0 Å². The highest BCUT2D eigenvalue weighted by atomic mass is 16.6. The van der Waals surface area contributed by atoms with Gasteiger partial charge in [0.25, 0.3) is 0 Å². The average Bonchev–Trinajstić information content (AvgIpc) is 3.37. The highest BCUT2D eigenvalue weighted by Gasteiger charge is 2.37. The van der Waals surface area contributed by atoms with Crippen LogP contribution in [-0.2, 0) is 20.7 Å². The minimum Gasteiger partial charge on any atom is -0.469 e. The zero-order chi connectivity index (χ0) is 23.1. The quantitative estimate of drug-likeness (QED) is 0.617. The lowest BCUT2D eigenvalue weighted by Crippen LogP contribution is -2.54. The SMILES string of the molecule is C[C@@H]1OCC(=O)[C@H]1NC(=O)[C@H](CC(C)(C)CCc1ccccc1)NC(=O)Oc1ccoc1. The Labute approximate surface area is 187 Å². The first-order chi connectivity index (χ1) is 15.2. The first-order valence-electron chi connectivity index (χ1n) is 10.7. The van der Waals surface area contributed by atoms with Crippen molar-refractivity contribution in [1.82, 2.24) is 10.6 Å². The van der Waals surface area contributed by atoms with Crippen molar-refractivity contribution in [2.75, 3.05) is 6.61 Å². The molecule has 3 rings (SSSR count). The maximum Gasteiger partial charge on any atom is 0.413 e. The van der Waals surface area contributed by atoms with Gasteiger partial charge in [0, 0.05) is 6.07 Å². The highest BCUT2D eigenvalue weighted by molar-refractivity contribution is 5.94. The van der Waals surface area contributed by atoms with E-state index in [0.717, 1.165) is 12.8 Å². The van der Waals surface area contributed by atoms with Crippen LogP contribution in [0.5, 0.6) is 5.75 Å². The molecular formula is C24H30N2O6. The monoisotopic (exact) mass is 442 g/mol. The summed E-state index contributed by atoms with van der Waals surface area (Å²) >= 11 is 0. The number of hydrogen-bond acceptors (Lipinski definition) is 6. The molecule has 8 heteroatoms. The van der Waals surface area contributed by atoms with Crippen LogP contribution < -0.4 is 15.4 Å². The summed E-state index contributed by atoms with van der Waals surface area (Å²) in [4.78, 5) is 37.5. The van der Waals surface area contributed by atoms with Crippen LogP contribution in [0.4, 0.5) is 4.79 Å². The van der Waals surface area contributed by atoms with Gasteiger partial charge in [0.05, 0.1) is 12.4 Å². The molecule has 32 heavy (non-hydrogen) atoms. The zero-order valence-corrected chi connectivity index (χ0v) is 18.6. The molecule has 0 bridgehead atoms. The molecule has 1 saturated heterocycles. The number of hydrogen-bond donors (Lipinski definition) is 2. The van der Waals surface area contributed by atoms with Crippen molar-refractivity contribution in [2.45, 2.75) is 58.2 Å². The van der Waals surface area contributed by atoms with Crippen molar-refractivity contribution < 1.29 is 28.3 Å². The lowest BCUT2D eigenvalue weighted by Gasteiger charge is -2.30. The Balaban J connectivity index is 1.67. The normalized spacial score (nSPS) is 19.4. The van der Waals surface area contributed by atoms with Crippen LogP contribution in [0.25, 0.3) is 0 Å². The maximum atomic E-state index is 13.1. The minimum atomic E-state index is -0.888. The Bertz CT molecular complexity index is 910. The summed E-state index contributed by atoms with van der Waals surface area (Å²) in [6.07, 6.45) is 3.49. The fourth-order valence-corrected chi connectivity index (χ4v) is 3.69. The van der Waals surface area contributed by atoms with Crippen LogP contribution in [0.15, 0.2) is 53.3 Å². The minimum absolute atomic E-state index is 0.0324. The van der Waals surface area contributed by atoms with Gasteiger partial charge in [-0.3, -0.25) is 9.59 Å². The Hall–Kier alpha value is -3.13. The number of nitrogens with one attached hydrogen (secondary N) is 2. The molecule has 2 amide bonds. The molecule has 1 aromatic carbocycles. The van der Waals surface area contributed by atoms with E-state index in [1.54, 1.807) is 6.92 Å². The Kier molecular flexibility index (Phi) is 7.69. The fraction of sp³-hybridized carbons (Fsp3) is 0.458. The van der Waals surface area contributed by atoms with Crippen molar-refractivity contribution in [3.05, 3.63) is 54.5 Å². The Morgan fingerprint density at radius 3 is 2.59 bits per heavy atom. The average molecular weight is 443 g/mol. The highest BCUT2D eigenvalue weighted by Crippen LogP contribution is 2.29. The molecule has 1 aliphatic heterocycles. The van der Waals surface area contributed by atoms with Gasteiger partial charge >= 0.3 is 6.09 Å². The van der Waals surface area contributed by atoms with Crippen LogP contribution in [-0.4, -0.2) is 42.6 Å². The predicted octanol–water partition coefficient (Wildman–Crippen LogP) is 3.26. The molecule has 0 aliphatic carbocycles. The predicted molar refractivity (Wildman–Crippen MR) is 117 cm³/mol. The van der Waals surface area contributed by atoms with Gasteiger partial charge in [-0.1, -0.05) is 44.2 Å². The van der Waals surface area contributed by atoms with Crippen LogP contribution in [0, 0.1) is 5.41 Å². The van der Waals surface area contributed by atoms with Gasteiger partial charge in [-0.15, -0.1) is 0 Å². The van der Waals surface area contributed by atoms with Gasteiger partial charge in [-0.2, -0.15) is 0 Å². The van der Waals surface area contributed by atoms with Gasteiger partial charge in [0.15, 0.2) is 11.5 Å². The van der Waals surface area contributed by atoms with Crippen molar-refractivity contribution in [2.24, 2.45) is 5.41 Å². The van der Waals surface area contributed by atoms with Gasteiger partial charge < -0.3 is 24.5 Å². The summed E-state index contributed by atoms with van der Waals surface area (Å²) < 4.78 is 15.4. The van der Waals surface area contributed by atoms with Gasteiger partial charge in [-0.05, 0) is 37.2 Å². The number of carbonyl (C=O) groups excluding carboxylic acids is 3. The number of furan rings is 1. The first kappa shape index (κ1) is 23.5. The molecule has 2 heterocycles. The first-order valence-corrected chi connectivity index (χ1v) is 10.7. The molecule has 3 atom stereocenters. The molecular weight excluding hydrogens is 412 g/mol. The van der Waals surface area contributed by atoms with E-state index in [1.807, 2.05) is 32.0 Å². The molecule has 1 aromatic heterocycles. The molecule has 172 valence electrons. The van der Waals surface area contributed by atoms with E-state index in [-0.39, 0.29) is 23.6 Å². The number of benzene rings is 1. The van der Waals surface area contributed by atoms with E-state index in [9.17, 15) is 14.4 Å². The van der Waals surface area contributed by atoms with E-state index < -0.39 is 30.2 Å². The zero-order valence-electron chi connectivity index (χ0n) is 18.6. The van der Waals surface area contributed by atoms with Crippen LogP contribution >= 0.6 is 0 Å². The second-order valence-corrected chi connectivity index (χ2v) is 8.87. The van der Waals surface area contributed by atoms with E-state index in [0.29, 0.717) is 6.42 Å².